The second-order valence-electron chi connectivity index (χ2n) is 5.66. The molecule has 2 amide bonds. The number of anilines is 1. The van der Waals surface area contributed by atoms with Gasteiger partial charge in [-0.2, -0.15) is 0 Å². The van der Waals surface area contributed by atoms with Gasteiger partial charge in [0.15, 0.2) is 0 Å². The van der Waals surface area contributed by atoms with Gasteiger partial charge in [-0.25, -0.2) is 0 Å². The molecule has 24 heavy (non-hydrogen) atoms. The van der Waals surface area contributed by atoms with Crippen molar-refractivity contribution < 1.29 is 9.59 Å². The Morgan fingerprint density at radius 2 is 1.67 bits per heavy atom. The zero-order valence-corrected chi connectivity index (χ0v) is 14.6. The van der Waals surface area contributed by atoms with Crippen LogP contribution >= 0.6 is 11.6 Å². The summed E-state index contributed by atoms with van der Waals surface area (Å²) in [5, 5.41) is 3.49. The Morgan fingerprint density at radius 1 is 1.04 bits per heavy atom. The van der Waals surface area contributed by atoms with Crippen LogP contribution in [-0.4, -0.2) is 24.9 Å². The first-order valence-electron chi connectivity index (χ1n) is 7.81. The van der Waals surface area contributed by atoms with Crippen LogP contribution in [0.3, 0.4) is 0 Å². The van der Waals surface area contributed by atoms with Crippen LogP contribution in [0, 0.1) is 6.92 Å². The average Bonchev–Trinajstić information content (AvgIpc) is 2.54. The van der Waals surface area contributed by atoms with Crippen molar-refractivity contribution in [1.29, 1.82) is 0 Å². The molecule has 2 rings (SSSR count). The van der Waals surface area contributed by atoms with E-state index >= 15 is 0 Å². The molecule has 2 aromatic carbocycles. The van der Waals surface area contributed by atoms with Crippen LogP contribution in [0.5, 0.6) is 0 Å². The number of amides is 2. The zero-order chi connectivity index (χ0) is 17.5. The normalized spacial score (nSPS) is 10.3. The molecular weight excluding hydrogens is 324 g/mol. The van der Waals surface area contributed by atoms with Gasteiger partial charge < -0.3 is 10.2 Å². The molecule has 0 aliphatic rings. The molecule has 0 heterocycles. The van der Waals surface area contributed by atoms with E-state index in [2.05, 4.69) is 5.32 Å². The fraction of sp³-hybridized carbons (Fsp3) is 0.263. The van der Waals surface area contributed by atoms with E-state index in [9.17, 15) is 9.59 Å². The van der Waals surface area contributed by atoms with Crippen molar-refractivity contribution in [3.63, 3.8) is 0 Å². The molecule has 2 aromatic rings. The van der Waals surface area contributed by atoms with Gasteiger partial charge in [0.2, 0.25) is 11.8 Å². The molecule has 0 radical (unpaired) electrons. The minimum atomic E-state index is -0.0790. The summed E-state index contributed by atoms with van der Waals surface area (Å²) in [6.07, 6.45) is 0.293. The van der Waals surface area contributed by atoms with Crippen LogP contribution < -0.4 is 10.2 Å². The fourth-order valence-electron chi connectivity index (χ4n) is 2.35. The van der Waals surface area contributed by atoms with E-state index in [0.29, 0.717) is 24.5 Å². The van der Waals surface area contributed by atoms with E-state index < -0.39 is 0 Å². The number of carbonyl (C=O) groups excluding carboxylic acids is 2. The van der Waals surface area contributed by atoms with Crippen LogP contribution in [-0.2, 0) is 16.0 Å². The predicted octanol–water partition coefficient (Wildman–Crippen LogP) is 3.36. The molecule has 0 aromatic heterocycles. The summed E-state index contributed by atoms with van der Waals surface area (Å²) in [7, 11) is 0. The van der Waals surface area contributed by atoms with Gasteiger partial charge in [-0.3, -0.25) is 9.59 Å². The van der Waals surface area contributed by atoms with E-state index in [1.807, 2.05) is 43.3 Å². The number of nitrogens with zero attached hydrogens (tertiary/aromatic N) is 1. The monoisotopic (exact) mass is 344 g/mol. The first-order chi connectivity index (χ1) is 11.5. The number of hydrogen-bond donors (Lipinski definition) is 1. The molecule has 0 bridgehead atoms. The minimum absolute atomic E-state index is 0.0502. The number of benzene rings is 2. The molecule has 0 saturated heterocycles. The number of hydrogen-bond acceptors (Lipinski definition) is 2. The van der Waals surface area contributed by atoms with Crippen LogP contribution in [0.1, 0.15) is 18.1 Å². The maximum atomic E-state index is 12.0. The second kappa shape index (κ2) is 8.50. The highest BCUT2D eigenvalue weighted by molar-refractivity contribution is 6.30. The van der Waals surface area contributed by atoms with E-state index in [1.54, 1.807) is 17.0 Å². The van der Waals surface area contributed by atoms with Gasteiger partial charge in [0.05, 0.1) is 6.42 Å². The van der Waals surface area contributed by atoms with E-state index in [1.165, 1.54) is 6.92 Å². The van der Waals surface area contributed by atoms with Gasteiger partial charge >= 0.3 is 0 Å². The van der Waals surface area contributed by atoms with Gasteiger partial charge in [0, 0.05) is 30.7 Å². The summed E-state index contributed by atoms with van der Waals surface area (Å²) < 4.78 is 0. The molecule has 0 aliphatic carbocycles. The van der Waals surface area contributed by atoms with Crippen molar-refractivity contribution >= 4 is 29.1 Å². The molecule has 126 valence electrons. The Bertz CT molecular complexity index is 696. The molecule has 4 nitrogen and oxygen atoms in total. The van der Waals surface area contributed by atoms with Gasteiger partial charge in [-0.05, 0) is 36.8 Å². The highest BCUT2D eigenvalue weighted by Gasteiger charge is 2.11. The molecule has 5 heteroatoms. The lowest BCUT2D eigenvalue weighted by molar-refractivity contribution is -0.121. The smallest absolute Gasteiger partial charge is 0.224 e. The number of rotatable bonds is 6. The van der Waals surface area contributed by atoms with Gasteiger partial charge in [0.25, 0.3) is 0 Å². The minimum Gasteiger partial charge on any atom is -0.354 e. The van der Waals surface area contributed by atoms with Crippen LogP contribution in [0.4, 0.5) is 5.69 Å². The maximum Gasteiger partial charge on any atom is 0.224 e. The van der Waals surface area contributed by atoms with E-state index in [-0.39, 0.29) is 11.8 Å². The van der Waals surface area contributed by atoms with E-state index in [4.69, 9.17) is 11.6 Å². The SMILES string of the molecule is CC(=O)N(CCNC(=O)Cc1ccc(Cl)cc1)c1ccc(C)cc1. The lowest BCUT2D eigenvalue weighted by atomic mass is 10.1. The lowest BCUT2D eigenvalue weighted by Crippen LogP contribution is -2.38. The number of carbonyl (C=O) groups is 2. The third-order valence-electron chi connectivity index (χ3n) is 3.66. The number of halogens is 1. The quantitative estimate of drug-likeness (QED) is 0.873. The van der Waals surface area contributed by atoms with Gasteiger partial charge in [-0.15, -0.1) is 0 Å². The summed E-state index contributed by atoms with van der Waals surface area (Å²) in [6, 6.07) is 14.9. The molecular formula is C19H21ClN2O2. The third kappa shape index (κ3) is 5.39. The molecule has 0 unspecified atom stereocenters. The Hall–Kier alpha value is -2.33. The van der Waals surface area contributed by atoms with Crippen LogP contribution in [0.2, 0.25) is 5.02 Å². The molecule has 1 N–H and O–H groups in total. The Balaban J connectivity index is 1.86. The standard InChI is InChI=1S/C19H21ClN2O2/c1-14-3-9-18(10-4-14)22(15(2)23)12-11-21-19(24)13-16-5-7-17(20)8-6-16/h3-10H,11-13H2,1-2H3,(H,21,24). The van der Waals surface area contributed by atoms with Gasteiger partial charge in [0.1, 0.15) is 0 Å². The first kappa shape index (κ1) is 18.0. The number of nitrogens with one attached hydrogen (secondary N) is 1. The molecule has 0 fully saturated rings. The van der Waals surface area contributed by atoms with Crippen molar-refractivity contribution in [3.05, 3.63) is 64.7 Å². The van der Waals surface area contributed by atoms with Crippen LogP contribution in [0.25, 0.3) is 0 Å². The molecule has 0 spiro atoms. The zero-order valence-electron chi connectivity index (χ0n) is 13.9. The number of aryl methyl sites for hydroxylation is 1. The average molecular weight is 345 g/mol. The summed E-state index contributed by atoms with van der Waals surface area (Å²) in [5.41, 5.74) is 2.87. The second-order valence-corrected chi connectivity index (χ2v) is 6.10. The van der Waals surface area contributed by atoms with Crippen molar-refractivity contribution in [2.75, 3.05) is 18.0 Å². The highest BCUT2D eigenvalue weighted by atomic mass is 35.5. The Morgan fingerprint density at radius 3 is 2.25 bits per heavy atom. The molecule has 0 saturated carbocycles. The molecule has 0 aliphatic heterocycles. The van der Waals surface area contributed by atoms with Crippen LogP contribution in [0.15, 0.2) is 48.5 Å². The Kier molecular flexibility index (Phi) is 6.38. The Labute approximate surface area is 147 Å². The maximum absolute atomic E-state index is 12.0. The summed E-state index contributed by atoms with van der Waals surface area (Å²) in [5.74, 6) is -0.129. The summed E-state index contributed by atoms with van der Waals surface area (Å²) in [4.78, 5) is 25.5. The predicted molar refractivity (Wildman–Crippen MR) is 97.4 cm³/mol. The van der Waals surface area contributed by atoms with E-state index in [0.717, 1.165) is 16.8 Å². The van der Waals surface area contributed by atoms with Crippen molar-refractivity contribution in [2.24, 2.45) is 0 Å². The molecule has 0 atom stereocenters. The topological polar surface area (TPSA) is 49.4 Å². The largest absolute Gasteiger partial charge is 0.354 e. The summed E-state index contributed by atoms with van der Waals surface area (Å²) in [6.45, 7) is 4.36. The highest BCUT2D eigenvalue weighted by Crippen LogP contribution is 2.15. The van der Waals surface area contributed by atoms with Crippen molar-refractivity contribution in [3.8, 4) is 0 Å². The third-order valence-corrected chi connectivity index (χ3v) is 3.91. The van der Waals surface area contributed by atoms with Crippen molar-refractivity contribution in [2.45, 2.75) is 20.3 Å². The fourth-order valence-corrected chi connectivity index (χ4v) is 2.48. The summed E-state index contributed by atoms with van der Waals surface area (Å²) >= 11 is 5.83. The lowest BCUT2D eigenvalue weighted by Gasteiger charge is -2.21. The van der Waals surface area contributed by atoms with Gasteiger partial charge in [-0.1, -0.05) is 41.4 Å². The van der Waals surface area contributed by atoms with Crippen molar-refractivity contribution in [1.82, 2.24) is 5.32 Å². The first-order valence-corrected chi connectivity index (χ1v) is 8.19.